The minimum atomic E-state index is -0.563. The van der Waals surface area contributed by atoms with Crippen molar-refractivity contribution in [3.63, 3.8) is 0 Å². The number of aromatic nitrogens is 3. The third-order valence-electron chi connectivity index (χ3n) is 4.35. The van der Waals surface area contributed by atoms with E-state index in [0.717, 1.165) is 44.8 Å². The van der Waals surface area contributed by atoms with Gasteiger partial charge in [-0.25, -0.2) is 4.98 Å². The van der Waals surface area contributed by atoms with Gasteiger partial charge in [-0.1, -0.05) is 0 Å². The van der Waals surface area contributed by atoms with E-state index in [9.17, 15) is 5.11 Å². The van der Waals surface area contributed by atoms with E-state index >= 15 is 0 Å². The Hall–Kier alpha value is -0.940. The molecule has 3 unspecified atom stereocenters. The predicted octanol–water partition coefficient (Wildman–Crippen LogP) is 0.297. The van der Waals surface area contributed by atoms with Gasteiger partial charge in [-0.3, -0.25) is 4.68 Å². The highest BCUT2D eigenvalue weighted by Gasteiger charge is 2.45. The molecule has 0 saturated carbocycles. The van der Waals surface area contributed by atoms with E-state index in [-0.39, 0.29) is 0 Å². The van der Waals surface area contributed by atoms with Crippen LogP contribution in [0.15, 0.2) is 6.33 Å². The predicted molar refractivity (Wildman–Crippen MR) is 63.5 cm³/mol. The van der Waals surface area contributed by atoms with Crippen LogP contribution < -0.4 is 0 Å². The highest BCUT2D eigenvalue weighted by Crippen LogP contribution is 2.37. The monoisotopic (exact) mass is 236 g/mol. The summed E-state index contributed by atoms with van der Waals surface area (Å²) in [6.07, 6.45) is 4.23. The van der Waals surface area contributed by atoms with Crippen LogP contribution >= 0.6 is 0 Å². The topological polar surface area (TPSA) is 54.2 Å². The third kappa shape index (κ3) is 1.87. The molecule has 0 aromatic carbocycles. The van der Waals surface area contributed by atoms with Gasteiger partial charge in [0.25, 0.3) is 0 Å². The molecule has 1 N–H and O–H groups in total. The van der Waals surface area contributed by atoms with Gasteiger partial charge in [-0.2, -0.15) is 5.10 Å². The van der Waals surface area contributed by atoms with Gasteiger partial charge in [-0.15, -0.1) is 0 Å². The number of hydrogen-bond donors (Lipinski definition) is 1. The van der Waals surface area contributed by atoms with E-state index in [0.29, 0.717) is 12.3 Å². The lowest BCUT2D eigenvalue weighted by molar-refractivity contribution is -0.0459. The first-order chi connectivity index (χ1) is 8.21. The van der Waals surface area contributed by atoms with Crippen LogP contribution in [-0.2, 0) is 13.0 Å². The quantitative estimate of drug-likeness (QED) is 0.820. The van der Waals surface area contributed by atoms with Crippen molar-refractivity contribution in [3.05, 3.63) is 12.2 Å². The number of fused-ring (bicyclic) bond motifs is 2. The molecule has 3 rings (SSSR count). The molecule has 2 bridgehead atoms. The first kappa shape index (κ1) is 11.2. The highest BCUT2D eigenvalue weighted by molar-refractivity contribution is 5.03. The van der Waals surface area contributed by atoms with Crippen LogP contribution in [0.1, 0.15) is 25.6 Å². The lowest BCUT2D eigenvalue weighted by Crippen LogP contribution is -2.48. The fraction of sp³-hybridized carbons (Fsp3) is 0.833. The summed E-state index contributed by atoms with van der Waals surface area (Å²) in [4.78, 5) is 6.74. The summed E-state index contributed by atoms with van der Waals surface area (Å²) >= 11 is 0. The normalized spacial score (nSPS) is 36.4. The lowest BCUT2D eigenvalue weighted by atomic mass is 9.79. The van der Waals surface area contributed by atoms with Gasteiger partial charge in [0.2, 0.25) is 0 Å². The summed E-state index contributed by atoms with van der Waals surface area (Å²) in [5.74, 6) is 1.34. The maximum atomic E-state index is 10.8. The van der Waals surface area contributed by atoms with Gasteiger partial charge < -0.3 is 10.0 Å². The van der Waals surface area contributed by atoms with Crippen LogP contribution in [0.3, 0.4) is 0 Å². The number of piperidine rings is 1. The third-order valence-corrected chi connectivity index (χ3v) is 4.35. The number of nitrogens with zero attached hydrogens (tertiary/aromatic N) is 4. The molecule has 1 aromatic rings. The van der Waals surface area contributed by atoms with Crippen molar-refractivity contribution in [1.82, 2.24) is 19.7 Å². The first-order valence-corrected chi connectivity index (χ1v) is 6.53. The second kappa shape index (κ2) is 4.07. The van der Waals surface area contributed by atoms with Crippen molar-refractivity contribution in [2.24, 2.45) is 5.92 Å². The van der Waals surface area contributed by atoms with Crippen LogP contribution in [0.2, 0.25) is 0 Å². The smallest absolute Gasteiger partial charge is 0.138 e. The molecule has 17 heavy (non-hydrogen) atoms. The molecule has 2 fully saturated rings. The second-order valence-electron chi connectivity index (χ2n) is 5.31. The molecule has 2 saturated heterocycles. The zero-order valence-corrected chi connectivity index (χ0v) is 10.3. The molecule has 3 heterocycles. The zero-order valence-electron chi connectivity index (χ0n) is 10.3. The molecule has 0 aliphatic carbocycles. The van der Waals surface area contributed by atoms with Crippen molar-refractivity contribution in [3.8, 4) is 0 Å². The van der Waals surface area contributed by atoms with Crippen molar-refractivity contribution >= 4 is 0 Å². The van der Waals surface area contributed by atoms with E-state index < -0.39 is 5.60 Å². The van der Waals surface area contributed by atoms with Gasteiger partial charge in [0, 0.05) is 32.0 Å². The largest absolute Gasteiger partial charge is 0.389 e. The van der Waals surface area contributed by atoms with Gasteiger partial charge in [-0.05, 0) is 26.3 Å². The van der Waals surface area contributed by atoms with Crippen LogP contribution in [-0.4, -0.2) is 50.0 Å². The van der Waals surface area contributed by atoms with Crippen molar-refractivity contribution < 1.29 is 5.11 Å². The molecule has 5 nitrogen and oxygen atoms in total. The van der Waals surface area contributed by atoms with E-state index in [2.05, 4.69) is 21.9 Å². The Bertz CT molecular complexity index is 405. The first-order valence-electron chi connectivity index (χ1n) is 6.53. The van der Waals surface area contributed by atoms with Gasteiger partial charge in [0.05, 0.1) is 5.60 Å². The summed E-state index contributed by atoms with van der Waals surface area (Å²) in [5.41, 5.74) is -0.563. The fourth-order valence-corrected chi connectivity index (χ4v) is 3.23. The van der Waals surface area contributed by atoms with Crippen LogP contribution in [0.4, 0.5) is 0 Å². The molecule has 2 aliphatic rings. The molecule has 0 spiro atoms. The maximum Gasteiger partial charge on any atom is 0.138 e. The summed E-state index contributed by atoms with van der Waals surface area (Å²) in [6, 6.07) is 0. The van der Waals surface area contributed by atoms with Gasteiger partial charge in [0.1, 0.15) is 12.2 Å². The van der Waals surface area contributed by atoms with Crippen molar-refractivity contribution in [2.75, 3.05) is 19.6 Å². The minimum absolute atomic E-state index is 0.415. The average molecular weight is 236 g/mol. The summed E-state index contributed by atoms with van der Waals surface area (Å²) in [5, 5.41) is 15.0. The molecule has 94 valence electrons. The maximum absolute atomic E-state index is 10.8. The molecule has 2 aliphatic heterocycles. The average Bonchev–Trinajstić information content (AvgIpc) is 2.92. The Balaban J connectivity index is 1.79. The lowest BCUT2D eigenvalue weighted by Gasteiger charge is -2.38. The fourth-order valence-electron chi connectivity index (χ4n) is 3.23. The summed E-state index contributed by atoms with van der Waals surface area (Å²) < 4.78 is 1.89. The highest BCUT2D eigenvalue weighted by atomic mass is 16.3. The van der Waals surface area contributed by atoms with E-state index in [4.69, 9.17) is 0 Å². The summed E-state index contributed by atoms with van der Waals surface area (Å²) in [7, 11) is 0. The Kier molecular flexibility index (Phi) is 2.67. The second-order valence-corrected chi connectivity index (χ2v) is 5.31. The van der Waals surface area contributed by atoms with Crippen molar-refractivity contribution in [2.45, 2.75) is 38.3 Å². The Morgan fingerprint density at radius 3 is 3.24 bits per heavy atom. The standard InChI is InChI=1S/C12H20N4O/c1-2-16-11(13-9-14-16)7-12(17)4-6-15-5-3-10(12)8-15/h9-10,17H,2-8H2,1H3. The molecular formula is C12H20N4O. The van der Waals surface area contributed by atoms with Crippen LogP contribution in [0.25, 0.3) is 0 Å². The number of aliphatic hydroxyl groups is 1. The van der Waals surface area contributed by atoms with Gasteiger partial charge in [0.15, 0.2) is 0 Å². The number of hydrogen-bond acceptors (Lipinski definition) is 4. The number of aryl methyl sites for hydroxylation is 1. The molecule has 0 amide bonds. The van der Waals surface area contributed by atoms with E-state index in [1.54, 1.807) is 6.33 Å². The SMILES string of the molecule is CCn1ncnc1CC1(O)CCN2CCC1C2. The molecule has 5 heteroatoms. The van der Waals surface area contributed by atoms with Crippen molar-refractivity contribution in [1.29, 1.82) is 0 Å². The molecule has 1 aromatic heterocycles. The molecule has 3 atom stereocenters. The molecular weight excluding hydrogens is 216 g/mol. The minimum Gasteiger partial charge on any atom is -0.389 e. The Labute approximate surface area is 101 Å². The van der Waals surface area contributed by atoms with E-state index in [1.807, 2.05) is 4.68 Å². The summed E-state index contributed by atoms with van der Waals surface area (Å²) in [6.45, 7) is 6.10. The van der Waals surface area contributed by atoms with E-state index in [1.165, 1.54) is 0 Å². The zero-order chi connectivity index (χ0) is 11.9. The Morgan fingerprint density at radius 2 is 2.41 bits per heavy atom. The molecule has 0 radical (unpaired) electrons. The van der Waals surface area contributed by atoms with Gasteiger partial charge >= 0.3 is 0 Å². The van der Waals surface area contributed by atoms with Crippen LogP contribution in [0.5, 0.6) is 0 Å². The Morgan fingerprint density at radius 1 is 1.53 bits per heavy atom. The van der Waals surface area contributed by atoms with Crippen LogP contribution in [0, 0.1) is 5.92 Å². The number of rotatable bonds is 3.